The quantitative estimate of drug-likeness (QED) is 0.842. The highest BCUT2D eigenvalue weighted by Gasteiger charge is 2.38. The fraction of sp³-hybridized carbons (Fsp3) is 0.562. The molecule has 122 valence electrons. The number of hydrogen-bond acceptors (Lipinski definition) is 3. The number of carbonyl (C=O) groups is 1. The molecule has 1 atom stereocenters. The lowest BCUT2D eigenvalue weighted by molar-refractivity contribution is -0.131. The second kappa shape index (κ2) is 7.30. The minimum absolute atomic E-state index is 0.0848. The van der Waals surface area contributed by atoms with Crippen LogP contribution in [-0.2, 0) is 11.2 Å². The van der Waals surface area contributed by atoms with Gasteiger partial charge in [-0.1, -0.05) is 23.7 Å². The minimum Gasteiger partial charge on any atom is -0.387 e. The Morgan fingerprint density at radius 3 is 2.91 bits per heavy atom. The van der Waals surface area contributed by atoms with Gasteiger partial charge in [0.1, 0.15) is 0 Å². The van der Waals surface area contributed by atoms with Crippen LogP contribution in [0.1, 0.15) is 18.4 Å². The van der Waals surface area contributed by atoms with Gasteiger partial charge in [-0.15, -0.1) is 0 Å². The molecular formula is C16H22BrClN2O2. The number of carbonyl (C=O) groups excluding carboxylic acids is 1. The summed E-state index contributed by atoms with van der Waals surface area (Å²) in [6, 6.07) is 5.67. The average molecular weight is 390 g/mol. The molecule has 1 N–H and O–H groups in total. The molecule has 1 amide bonds. The monoisotopic (exact) mass is 388 g/mol. The van der Waals surface area contributed by atoms with Crippen LogP contribution < -0.4 is 0 Å². The van der Waals surface area contributed by atoms with Crippen molar-refractivity contribution >= 4 is 33.4 Å². The largest absolute Gasteiger partial charge is 0.387 e. The fourth-order valence-corrected chi connectivity index (χ4v) is 3.58. The number of hydrogen-bond donors (Lipinski definition) is 1. The van der Waals surface area contributed by atoms with Gasteiger partial charge in [-0.2, -0.15) is 0 Å². The smallest absolute Gasteiger partial charge is 0.223 e. The third kappa shape index (κ3) is 4.44. The highest BCUT2D eigenvalue weighted by atomic mass is 79.9. The van der Waals surface area contributed by atoms with E-state index in [1.54, 1.807) is 4.90 Å². The third-order valence-corrected chi connectivity index (χ3v) is 5.41. The molecule has 2 rings (SSSR count). The van der Waals surface area contributed by atoms with E-state index in [4.69, 9.17) is 11.6 Å². The van der Waals surface area contributed by atoms with Gasteiger partial charge in [-0.3, -0.25) is 4.79 Å². The first-order valence-electron chi connectivity index (χ1n) is 7.38. The lowest BCUT2D eigenvalue weighted by Gasteiger charge is -2.26. The van der Waals surface area contributed by atoms with Crippen molar-refractivity contribution in [3.8, 4) is 0 Å². The van der Waals surface area contributed by atoms with Gasteiger partial charge >= 0.3 is 0 Å². The summed E-state index contributed by atoms with van der Waals surface area (Å²) in [5, 5.41) is 11.1. The van der Waals surface area contributed by atoms with Crippen molar-refractivity contribution in [2.24, 2.45) is 0 Å². The van der Waals surface area contributed by atoms with Gasteiger partial charge in [0.2, 0.25) is 5.91 Å². The molecule has 1 aromatic rings. The zero-order valence-corrected chi connectivity index (χ0v) is 15.3. The van der Waals surface area contributed by atoms with E-state index < -0.39 is 5.60 Å². The maximum absolute atomic E-state index is 12.3. The summed E-state index contributed by atoms with van der Waals surface area (Å²) in [7, 11) is 3.86. The van der Waals surface area contributed by atoms with E-state index in [1.807, 2.05) is 37.2 Å². The van der Waals surface area contributed by atoms with Gasteiger partial charge in [0.05, 0.1) is 17.2 Å². The topological polar surface area (TPSA) is 43.8 Å². The Kier molecular flexibility index (Phi) is 5.88. The molecule has 22 heavy (non-hydrogen) atoms. The van der Waals surface area contributed by atoms with E-state index in [-0.39, 0.29) is 5.91 Å². The van der Waals surface area contributed by atoms with Crippen molar-refractivity contribution in [3.63, 3.8) is 0 Å². The van der Waals surface area contributed by atoms with Crippen LogP contribution in [0, 0.1) is 0 Å². The van der Waals surface area contributed by atoms with Crippen LogP contribution in [-0.4, -0.2) is 60.1 Å². The summed E-state index contributed by atoms with van der Waals surface area (Å²) in [5.74, 6) is 0.0848. The van der Waals surface area contributed by atoms with Crippen LogP contribution >= 0.6 is 27.5 Å². The third-order valence-electron chi connectivity index (χ3n) is 3.94. The fourth-order valence-electron chi connectivity index (χ4n) is 2.93. The molecule has 6 heteroatoms. The van der Waals surface area contributed by atoms with Crippen molar-refractivity contribution in [1.29, 1.82) is 0 Å². The Morgan fingerprint density at radius 2 is 2.23 bits per heavy atom. The molecule has 1 fully saturated rings. The van der Waals surface area contributed by atoms with E-state index in [0.29, 0.717) is 43.9 Å². The van der Waals surface area contributed by atoms with Crippen molar-refractivity contribution in [2.75, 3.05) is 33.7 Å². The molecule has 0 saturated carbocycles. The van der Waals surface area contributed by atoms with E-state index >= 15 is 0 Å². The Morgan fingerprint density at radius 1 is 1.50 bits per heavy atom. The van der Waals surface area contributed by atoms with Gasteiger partial charge in [0.15, 0.2) is 0 Å². The number of aryl methyl sites for hydroxylation is 1. The maximum Gasteiger partial charge on any atom is 0.223 e. The summed E-state index contributed by atoms with van der Waals surface area (Å²) >= 11 is 9.52. The number of rotatable bonds is 5. The SMILES string of the molecule is CN(C)CC1(O)CCN(C(=O)CCc2cccc(Cl)c2Br)C1. The summed E-state index contributed by atoms with van der Waals surface area (Å²) in [4.78, 5) is 16.1. The normalized spacial score (nSPS) is 21.6. The van der Waals surface area contributed by atoms with Crippen molar-refractivity contribution in [3.05, 3.63) is 33.3 Å². The van der Waals surface area contributed by atoms with Gasteiger partial charge in [0, 0.05) is 24.0 Å². The number of amides is 1. The van der Waals surface area contributed by atoms with Crippen molar-refractivity contribution < 1.29 is 9.90 Å². The molecule has 1 aromatic carbocycles. The van der Waals surface area contributed by atoms with Gasteiger partial charge in [-0.05, 0) is 54.5 Å². The molecule has 1 unspecified atom stereocenters. The summed E-state index contributed by atoms with van der Waals surface area (Å²) in [5.41, 5.74) is 0.249. The first-order chi connectivity index (χ1) is 10.3. The van der Waals surface area contributed by atoms with Gasteiger partial charge in [0.25, 0.3) is 0 Å². The number of aliphatic hydroxyl groups is 1. The van der Waals surface area contributed by atoms with Crippen LogP contribution in [0.25, 0.3) is 0 Å². The first kappa shape index (κ1) is 17.7. The Bertz CT molecular complexity index is 553. The molecule has 1 aliphatic heterocycles. The van der Waals surface area contributed by atoms with E-state index in [1.165, 1.54) is 0 Å². The zero-order chi connectivity index (χ0) is 16.3. The lowest BCUT2D eigenvalue weighted by atomic mass is 10.0. The minimum atomic E-state index is -0.782. The predicted octanol–water partition coefficient (Wildman–Crippen LogP) is 2.56. The van der Waals surface area contributed by atoms with E-state index in [9.17, 15) is 9.90 Å². The second-order valence-electron chi connectivity index (χ2n) is 6.24. The molecule has 1 aliphatic rings. The van der Waals surface area contributed by atoms with Crippen LogP contribution in [0.4, 0.5) is 0 Å². The Hall–Kier alpha value is -0.620. The summed E-state index contributed by atoms with van der Waals surface area (Å²) < 4.78 is 0.856. The Balaban J connectivity index is 1.90. The van der Waals surface area contributed by atoms with E-state index in [2.05, 4.69) is 15.9 Å². The number of benzene rings is 1. The highest BCUT2D eigenvalue weighted by molar-refractivity contribution is 9.10. The predicted molar refractivity (Wildman–Crippen MR) is 92.2 cm³/mol. The Labute approximate surface area is 145 Å². The molecule has 0 spiro atoms. The molecule has 0 aliphatic carbocycles. The molecule has 0 bridgehead atoms. The maximum atomic E-state index is 12.3. The van der Waals surface area contributed by atoms with Crippen LogP contribution in [0.2, 0.25) is 5.02 Å². The number of nitrogens with zero attached hydrogens (tertiary/aromatic N) is 2. The van der Waals surface area contributed by atoms with Crippen LogP contribution in [0.3, 0.4) is 0 Å². The number of halogens is 2. The highest BCUT2D eigenvalue weighted by Crippen LogP contribution is 2.28. The standard InChI is InChI=1S/C16H22BrClN2O2/c1-19(2)10-16(22)8-9-20(11-16)14(21)7-6-12-4-3-5-13(18)15(12)17/h3-5,22H,6-11H2,1-2H3. The molecular weight excluding hydrogens is 368 g/mol. The van der Waals surface area contributed by atoms with Gasteiger partial charge < -0.3 is 14.9 Å². The number of likely N-dealkylation sites (tertiary alicyclic amines) is 1. The zero-order valence-electron chi connectivity index (χ0n) is 13.0. The van der Waals surface area contributed by atoms with Crippen molar-refractivity contribution in [2.45, 2.75) is 24.9 Å². The second-order valence-corrected chi connectivity index (χ2v) is 7.44. The van der Waals surface area contributed by atoms with E-state index in [0.717, 1.165) is 10.0 Å². The molecule has 1 heterocycles. The number of likely N-dealkylation sites (N-methyl/N-ethyl adjacent to an activating group) is 1. The molecule has 0 aromatic heterocycles. The summed E-state index contributed by atoms with van der Waals surface area (Å²) in [6.07, 6.45) is 1.71. The lowest BCUT2D eigenvalue weighted by Crippen LogP contribution is -2.43. The van der Waals surface area contributed by atoms with Crippen molar-refractivity contribution in [1.82, 2.24) is 9.80 Å². The number of β-amino-alcohol motifs (C(OH)–C–C–N with tert-alkyl or cyclic N) is 1. The summed E-state index contributed by atoms with van der Waals surface area (Å²) in [6.45, 7) is 1.62. The average Bonchev–Trinajstić information content (AvgIpc) is 2.81. The van der Waals surface area contributed by atoms with Crippen LogP contribution in [0.5, 0.6) is 0 Å². The molecule has 0 radical (unpaired) electrons. The van der Waals surface area contributed by atoms with Gasteiger partial charge in [-0.25, -0.2) is 0 Å². The van der Waals surface area contributed by atoms with Crippen LogP contribution in [0.15, 0.2) is 22.7 Å². The molecule has 4 nitrogen and oxygen atoms in total. The first-order valence-corrected chi connectivity index (χ1v) is 8.56. The molecule has 1 saturated heterocycles.